The topological polar surface area (TPSA) is 12.0 Å². The van der Waals surface area contributed by atoms with E-state index in [1.165, 1.54) is 34.2 Å². The van der Waals surface area contributed by atoms with Gasteiger partial charge in [-0.3, -0.25) is 0 Å². The number of hydrogen-bond acceptors (Lipinski definition) is 2. The first-order valence-electron chi connectivity index (χ1n) is 6.95. The zero-order valence-corrected chi connectivity index (χ0v) is 12.4. The molecule has 0 radical (unpaired) electrons. The van der Waals surface area contributed by atoms with Crippen LogP contribution >= 0.6 is 11.3 Å². The van der Waals surface area contributed by atoms with E-state index < -0.39 is 0 Å². The standard InChI is InChI=1S/C16H23NS/c1-4-5-8-12(2)17-13(3)16-11-14-9-6-7-10-15(14)18-16/h6-7,9-13,17H,4-5,8H2,1-3H3. The molecule has 0 spiro atoms. The van der Waals surface area contributed by atoms with Crippen LogP contribution in [0.15, 0.2) is 30.3 Å². The number of fused-ring (bicyclic) bond motifs is 1. The molecule has 2 heteroatoms. The fraction of sp³-hybridized carbons (Fsp3) is 0.500. The summed E-state index contributed by atoms with van der Waals surface area (Å²) in [6.07, 6.45) is 3.86. The summed E-state index contributed by atoms with van der Waals surface area (Å²) >= 11 is 1.91. The largest absolute Gasteiger partial charge is 0.307 e. The fourth-order valence-electron chi connectivity index (χ4n) is 2.32. The molecule has 1 aromatic carbocycles. The monoisotopic (exact) mass is 261 g/mol. The van der Waals surface area contributed by atoms with Crippen LogP contribution in [0.1, 0.15) is 51.0 Å². The number of rotatable bonds is 6. The maximum absolute atomic E-state index is 3.70. The highest BCUT2D eigenvalue weighted by Gasteiger charge is 2.11. The van der Waals surface area contributed by atoms with Gasteiger partial charge in [0.25, 0.3) is 0 Å². The highest BCUT2D eigenvalue weighted by Crippen LogP contribution is 2.29. The zero-order chi connectivity index (χ0) is 13.0. The van der Waals surface area contributed by atoms with E-state index in [9.17, 15) is 0 Å². The van der Waals surface area contributed by atoms with E-state index in [-0.39, 0.29) is 0 Å². The minimum atomic E-state index is 0.453. The Kier molecular flexibility index (Phi) is 4.79. The van der Waals surface area contributed by atoms with Crippen LogP contribution in [0, 0.1) is 0 Å². The van der Waals surface area contributed by atoms with Gasteiger partial charge in [-0.15, -0.1) is 11.3 Å². The Morgan fingerprint density at radius 1 is 1.22 bits per heavy atom. The van der Waals surface area contributed by atoms with Gasteiger partial charge >= 0.3 is 0 Å². The minimum Gasteiger partial charge on any atom is -0.307 e. The van der Waals surface area contributed by atoms with E-state index in [1.54, 1.807) is 0 Å². The van der Waals surface area contributed by atoms with E-state index in [2.05, 4.69) is 56.4 Å². The molecule has 2 atom stereocenters. The van der Waals surface area contributed by atoms with Gasteiger partial charge in [0.05, 0.1) is 0 Å². The van der Waals surface area contributed by atoms with E-state index >= 15 is 0 Å². The predicted octanol–water partition coefficient (Wildman–Crippen LogP) is 5.13. The molecule has 0 saturated carbocycles. The summed E-state index contributed by atoms with van der Waals surface area (Å²) in [4.78, 5) is 1.44. The third-order valence-corrected chi connectivity index (χ3v) is 4.70. The lowest BCUT2D eigenvalue weighted by Crippen LogP contribution is -2.28. The lowest BCUT2D eigenvalue weighted by Gasteiger charge is -2.18. The van der Waals surface area contributed by atoms with Crippen LogP contribution in [0.25, 0.3) is 10.1 Å². The van der Waals surface area contributed by atoms with Crippen molar-refractivity contribution >= 4 is 21.4 Å². The van der Waals surface area contributed by atoms with E-state index in [4.69, 9.17) is 0 Å². The summed E-state index contributed by atoms with van der Waals surface area (Å²) < 4.78 is 1.39. The molecule has 0 saturated heterocycles. The van der Waals surface area contributed by atoms with Gasteiger partial charge in [-0.1, -0.05) is 38.0 Å². The first-order chi connectivity index (χ1) is 8.70. The molecule has 18 heavy (non-hydrogen) atoms. The fourth-order valence-corrected chi connectivity index (χ4v) is 3.39. The van der Waals surface area contributed by atoms with Crippen molar-refractivity contribution in [3.05, 3.63) is 35.2 Å². The van der Waals surface area contributed by atoms with Gasteiger partial charge in [-0.25, -0.2) is 0 Å². The Hall–Kier alpha value is -0.860. The molecule has 2 aromatic rings. The van der Waals surface area contributed by atoms with Crippen molar-refractivity contribution in [1.29, 1.82) is 0 Å². The lowest BCUT2D eigenvalue weighted by molar-refractivity contribution is 0.448. The van der Waals surface area contributed by atoms with Crippen LogP contribution in [-0.2, 0) is 0 Å². The van der Waals surface area contributed by atoms with Crippen LogP contribution in [0.4, 0.5) is 0 Å². The molecule has 1 N–H and O–H groups in total. The SMILES string of the molecule is CCCCC(C)NC(C)c1cc2ccccc2s1. The third-order valence-electron chi connectivity index (χ3n) is 3.40. The Bertz CT molecular complexity index is 456. The first kappa shape index (κ1) is 13.6. The minimum absolute atomic E-state index is 0.453. The molecule has 1 heterocycles. The molecule has 2 rings (SSSR count). The predicted molar refractivity (Wildman–Crippen MR) is 82.4 cm³/mol. The van der Waals surface area contributed by atoms with Gasteiger partial charge in [0.2, 0.25) is 0 Å². The van der Waals surface area contributed by atoms with Crippen molar-refractivity contribution in [1.82, 2.24) is 5.32 Å². The second-order valence-electron chi connectivity index (χ2n) is 5.12. The number of thiophene rings is 1. The van der Waals surface area contributed by atoms with Crippen LogP contribution < -0.4 is 5.32 Å². The van der Waals surface area contributed by atoms with Gasteiger partial charge in [-0.2, -0.15) is 0 Å². The van der Waals surface area contributed by atoms with Gasteiger partial charge in [0.1, 0.15) is 0 Å². The maximum Gasteiger partial charge on any atom is 0.0388 e. The quantitative estimate of drug-likeness (QED) is 0.760. The molecule has 2 unspecified atom stereocenters. The highest BCUT2D eigenvalue weighted by atomic mass is 32.1. The van der Waals surface area contributed by atoms with Crippen LogP contribution in [0.5, 0.6) is 0 Å². The number of hydrogen-bond donors (Lipinski definition) is 1. The van der Waals surface area contributed by atoms with E-state index in [1.807, 2.05) is 11.3 Å². The zero-order valence-electron chi connectivity index (χ0n) is 11.6. The number of nitrogens with one attached hydrogen (secondary N) is 1. The van der Waals surface area contributed by atoms with Crippen molar-refractivity contribution in [2.24, 2.45) is 0 Å². The Morgan fingerprint density at radius 3 is 2.72 bits per heavy atom. The molecular weight excluding hydrogens is 238 g/mol. The van der Waals surface area contributed by atoms with Crippen molar-refractivity contribution in [3.8, 4) is 0 Å². The summed E-state index contributed by atoms with van der Waals surface area (Å²) in [5.41, 5.74) is 0. The second kappa shape index (κ2) is 6.35. The maximum atomic E-state index is 3.70. The smallest absolute Gasteiger partial charge is 0.0388 e. The molecular formula is C16H23NS. The second-order valence-corrected chi connectivity index (χ2v) is 6.23. The molecule has 0 amide bonds. The number of unbranched alkanes of at least 4 members (excludes halogenated alkanes) is 1. The lowest BCUT2D eigenvalue weighted by atomic mass is 10.1. The molecule has 0 fully saturated rings. The average Bonchev–Trinajstić information content (AvgIpc) is 2.80. The van der Waals surface area contributed by atoms with Crippen molar-refractivity contribution in [2.75, 3.05) is 0 Å². The summed E-state index contributed by atoms with van der Waals surface area (Å²) in [5, 5.41) is 5.07. The number of benzene rings is 1. The molecule has 1 nitrogen and oxygen atoms in total. The summed E-state index contributed by atoms with van der Waals surface area (Å²) in [6, 6.07) is 12.0. The Morgan fingerprint density at radius 2 is 2.00 bits per heavy atom. The van der Waals surface area contributed by atoms with E-state index in [0.717, 1.165) is 0 Å². The van der Waals surface area contributed by atoms with E-state index in [0.29, 0.717) is 12.1 Å². The normalized spacial score (nSPS) is 14.8. The average molecular weight is 261 g/mol. The van der Waals surface area contributed by atoms with Crippen molar-refractivity contribution < 1.29 is 0 Å². The molecule has 0 aliphatic heterocycles. The molecule has 98 valence electrons. The Balaban J connectivity index is 2.01. The summed E-state index contributed by atoms with van der Waals surface area (Å²) in [7, 11) is 0. The Labute approximate surface area is 114 Å². The van der Waals surface area contributed by atoms with Crippen LogP contribution in [-0.4, -0.2) is 6.04 Å². The summed E-state index contributed by atoms with van der Waals surface area (Å²) in [5.74, 6) is 0. The molecule has 0 bridgehead atoms. The van der Waals surface area contributed by atoms with Gasteiger partial charge < -0.3 is 5.32 Å². The molecule has 1 aromatic heterocycles. The molecule has 0 aliphatic rings. The third kappa shape index (κ3) is 3.33. The van der Waals surface area contributed by atoms with Gasteiger partial charge in [0.15, 0.2) is 0 Å². The van der Waals surface area contributed by atoms with Crippen molar-refractivity contribution in [2.45, 2.75) is 52.1 Å². The van der Waals surface area contributed by atoms with Gasteiger partial charge in [0, 0.05) is 21.7 Å². The first-order valence-corrected chi connectivity index (χ1v) is 7.77. The van der Waals surface area contributed by atoms with Gasteiger partial charge in [-0.05, 0) is 37.8 Å². The van der Waals surface area contributed by atoms with Crippen molar-refractivity contribution in [3.63, 3.8) is 0 Å². The molecule has 0 aliphatic carbocycles. The van der Waals surface area contributed by atoms with Crippen LogP contribution in [0.3, 0.4) is 0 Å². The highest BCUT2D eigenvalue weighted by molar-refractivity contribution is 7.19. The summed E-state index contributed by atoms with van der Waals surface area (Å²) in [6.45, 7) is 6.81. The van der Waals surface area contributed by atoms with Crippen LogP contribution in [0.2, 0.25) is 0 Å².